The van der Waals surface area contributed by atoms with Gasteiger partial charge in [0.15, 0.2) is 0 Å². The number of hydrogen-bond donors (Lipinski definition) is 1. The summed E-state index contributed by atoms with van der Waals surface area (Å²) in [7, 11) is 0. The Balaban J connectivity index is 2.09. The van der Waals surface area contributed by atoms with Gasteiger partial charge in [0, 0.05) is 23.7 Å². The molecule has 0 radical (unpaired) electrons. The van der Waals surface area contributed by atoms with Crippen molar-refractivity contribution in [2.75, 3.05) is 0 Å². The molecule has 0 saturated carbocycles. The number of nitro benzene ring substituents is 1. The molecule has 2 rings (SSSR count). The second-order valence-corrected chi connectivity index (χ2v) is 3.90. The number of rotatable bonds is 5. The molecule has 1 aromatic heterocycles. The molecular weight excluding hydrogens is 234 g/mol. The fourth-order valence-corrected chi connectivity index (χ4v) is 1.72. The SMILES string of the molecule is CC(NCc1ccno1)c1ccccc1[N+](=O)[O-]. The van der Waals surface area contributed by atoms with Gasteiger partial charge in [-0.2, -0.15) is 0 Å². The predicted octanol–water partition coefficient (Wildman–Crippen LogP) is 2.43. The maximum atomic E-state index is 10.9. The molecule has 0 saturated heterocycles. The molecule has 6 heteroatoms. The van der Waals surface area contributed by atoms with E-state index in [4.69, 9.17) is 4.52 Å². The predicted molar refractivity (Wildman–Crippen MR) is 64.9 cm³/mol. The summed E-state index contributed by atoms with van der Waals surface area (Å²) in [6.07, 6.45) is 1.56. The summed E-state index contributed by atoms with van der Waals surface area (Å²) in [5.74, 6) is 0.695. The number of nitrogens with zero attached hydrogens (tertiary/aromatic N) is 2. The normalized spacial score (nSPS) is 12.3. The molecule has 94 valence electrons. The van der Waals surface area contributed by atoms with E-state index < -0.39 is 0 Å². The summed E-state index contributed by atoms with van der Waals surface area (Å²) in [5, 5.41) is 17.7. The number of benzene rings is 1. The Morgan fingerprint density at radius 2 is 2.22 bits per heavy atom. The van der Waals surface area contributed by atoms with Gasteiger partial charge in [-0.25, -0.2) is 0 Å². The molecule has 0 aliphatic rings. The average Bonchev–Trinajstić information content (AvgIpc) is 2.89. The van der Waals surface area contributed by atoms with Gasteiger partial charge in [-0.3, -0.25) is 10.1 Å². The summed E-state index contributed by atoms with van der Waals surface area (Å²) < 4.78 is 4.95. The van der Waals surface area contributed by atoms with Crippen LogP contribution in [0.2, 0.25) is 0 Å². The average molecular weight is 247 g/mol. The molecule has 1 atom stereocenters. The van der Waals surface area contributed by atoms with Crippen LogP contribution in [-0.2, 0) is 6.54 Å². The number of hydrogen-bond acceptors (Lipinski definition) is 5. The minimum absolute atomic E-state index is 0.120. The van der Waals surface area contributed by atoms with Crippen molar-refractivity contribution in [1.82, 2.24) is 10.5 Å². The van der Waals surface area contributed by atoms with Crippen LogP contribution in [-0.4, -0.2) is 10.1 Å². The van der Waals surface area contributed by atoms with E-state index in [1.54, 1.807) is 30.5 Å². The largest absolute Gasteiger partial charge is 0.360 e. The molecule has 0 aliphatic heterocycles. The second-order valence-electron chi connectivity index (χ2n) is 3.90. The summed E-state index contributed by atoms with van der Waals surface area (Å²) in [4.78, 5) is 10.5. The molecule has 0 aliphatic carbocycles. The van der Waals surface area contributed by atoms with E-state index in [2.05, 4.69) is 10.5 Å². The van der Waals surface area contributed by atoms with Crippen molar-refractivity contribution in [1.29, 1.82) is 0 Å². The monoisotopic (exact) mass is 247 g/mol. The number of nitro groups is 1. The molecule has 0 bridgehead atoms. The van der Waals surface area contributed by atoms with Gasteiger partial charge in [-0.15, -0.1) is 0 Å². The molecule has 6 nitrogen and oxygen atoms in total. The lowest BCUT2D eigenvalue weighted by molar-refractivity contribution is -0.385. The fourth-order valence-electron chi connectivity index (χ4n) is 1.72. The van der Waals surface area contributed by atoms with Gasteiger partial charge in [0.25, 0.3) is 5.69 Å². The van der Waals surface area contributed by atoms with Crippen molar-refractivity contribution in [3.05, 3.63) is 58.0 Å². The van der Waals surface area contributed by atoms with Crippen LogP contribution in [0.1, 0.15) is 24.3 Å². The number of aromatic nitrogens is 1. The lowest BCUT2D eigenvalue weighted by atomic mass is 10.1. The van der Waals surface area contributed by atoms with Crippen LogP contribution in [0.5, 0.6) is 0 Å². The smallest absolute Gasteiger partial charge is 0.274 e. The maximum absolute atomic E-state index is 10.9. The molecular formula is C12H13N3O3. The highest BCUT2D eigenvalue weighted by atomic mass is 16.6. The van der Waals surface area contributed by atoms with Gasteiger partial charge in [-0.05, 0) is 6.92 Å². The highest BCUT2D eigenvalue weighted by molar-refractivity contribution is 5.41. The Labute approximate surface area is 104 Å². The standard InChI is InChI=1S/C12H13N3O3/c1-9(13-8-10-6-7-14-18-10)11-4-2-3-5-12(11)15(16)17/h2-7,9,13H,8H2,1H3. The highest BCUT2D eigenvalue weighted by Gasteiger charge is 2.17. The van der Waals surface area contributed by atoms with Crippen molar-refractivity contribution in [3.8, 4) is 0 Å². The highest BCUT2D eigenvalue weighted by Crippen LogP contribution is 2.24. The van der Waals surface area contributed by atoms with Crippen molar-refractivity contribution in [3.63, 3.8) is 0 Å². The third-order valence-corrected chi connectivity index (χ3v) is 2.67. The minimum Gasteiger partial charge on any atom is -0.360 e. The molecule has 0 fully saturated rings. The van der Waals surface area contributed by atoms with Crippen LogP contribution < -0.4 is 5.32 Å². The zero-order valence-corrected chi connectivity index (χ0v) is 9.87. The van der Waals surface area contributed by atoms with Gasteiger partial charge in [-0.1, -0.05) is 23.4 Å². The third kappa shape index (κ3) is 2.72. The van der Waals surface area contributed by atoms with Crippen molar-refractivity contribution >= 4 is 5.69 Å². The topological polar surface area (TPSA) is 81.2 Å². The van der Waals surface area contributed by atoms with Crippen LogP contribution in [0.25, 0.3) is 0 Å². The molecule has 1 unspecified atom stereocenters. The Morgan fingerprint density at radius 1 is 1.44 bits per heavy atom. The van der Waals surface area contributed by atoms with E-state index in [0.717, 1.165) is 0 Å². The molecule has 1 aromatic carbocycles. The van der Waals surface area contributed by atoms with E-state index in [1.165, 1.54) is 6.07 Å². The van der Waals surface area contributed by atoms with E-state index >= 15 is 0 Å². The van der Waals surface area contributed by atoms with E-state index in [0.29, 0.717) is 17.9 Å². The number of nitrogens with one attached hydrogen (secondary N) is 1. The minimum atomic E-state index is -0.373. The zero-order chi connectivity index (χ0) is 13.0. The summed E-state index contributed by atoms with van der Waals surface area (Å²) in [5.41, 5.74) is 0.775. The van der Waals surface area contributed by atoms with Crippen molar-refractivity contribution in [2.24, 2.45) is 0 Å². The summed E-state index contributed by atoms with van der Waals surface area (Å²) in [6.45, 7) is 2.35. The van der Waals surface area contributed by atoms with Crippen molar-refractivity contribution in [2.45, 2.75) is 19.5 Å². The Morgan fingerprint density at radius 3 is 2.89 bits per heavy atom. The van der Waals surface area contributed by atoms with Crippen LogP contribution in [0.15, 0.2) is 41.1 Å². The van der Waals surface area contributed by atoms with Crippen molar-refractivity contribution < 1.29 is 9.45 Å². The second kappa shape index (κ2) is 5.42. The first-order valence-corrected chi connectivity index (χ1v) is 5.54. The van der Waals surface area contributed by atoms with Gasteiger partial charge >= 0.3 is 0 Å². The lowest BCUT2D eigenvalue weighted by Gasteiger charge is -2.12. The lowest BCUT2D eigenvalue weighted by Crippen LogP contribution is -2.18. The zero-order valence-electron chi connectivity index (χ0n) is 9.87. The number of para-hydroxylation sites is 1. The quantitative estimate of drug-likeness (QED) is 0.648. The van der Waals surface area contributed by atoms with E-state index in [1.807, 2.05) is 6.92 Å². The maximum Gasteiger partial charge on any atom is 0.274 e. The first-order valence-electron chi connectivity index (χ1n) is 5.54. The molecule has 18 heavy (non-hydrogen) atoms. The molecule has 0 amide bonds. The molecule has 2 aromatic rings. The van der Waals surface area contributed by atoms with E-state index in [9.17, 15) is 10.1 Å². The van der Waals surface area contributed by atoms with Gasteiger partial charge in [0.2, 0.25) is 0 Å². The molecule has 1 heterocycles. The van der Waals surface area contributed by atoms with Crippen LogP contribution >= 0.6 is 0 Å². The van der Waals surface area contributed by atoms with Crippen LogP contribution in [0, 0.1) is 10.1 Å². The summed E-state index contributed by atoms with van der Waals surface area (Å²) in [6, 6.07) is 8.30. The first kappa shape index (κ1) is 12.3. The third-order valence-electron chi connectivity index (χ3n) is 2.67. The first-order chi connectivity index (χ1) is 8.68. The van der Waals surface area contributed by atoms with Crippen LogP contribution in [0.4, 0.5) is 5.69 Å². The molecule has 0 spiro atoms. The Bertz CT molecular complexity index is 525. The summed E-state index contributed by atoms with van der Waals surface area (Å²) >= 11 is 0. The van der Waals surface area contributed by atoms with Gasteiger partial charge in [0.1, 0.15) is 5.76 Å². The van der Waals surface area contributed by atoms with Gasteiger partial charge in [0.05, 0.1) is 17.7 Å². The van der Waals surface area contributed by atoms with Gasteiger partial charge < -0.3 is 9.84 Å². The molecule has 1 N–H and O–H groups in total. The fraction of sp³-hybridized carbons (Fsp3) is 0.250. The van der Waals surface area contributed by atoms with Crippen LogP contribution in [0.3, 0.4) is 0 Å². The Kier molecular flexibility index (Phi) is 3.69. The van der Waals surface area contributed by atoms with E-state index in [-0.39, 0.29) is 16.7 Å². The Hall–Kier alpha value is -2.21.